The molecule has 94 valence electrons. The van der Waals surface area contributed by atoms with E-state index in [1.54, 1.807) is 17.9 Å². The fourth-order valence-corrected chi connectivity index (χ4v) is 1.92. The summed E-state index contributed by atoms with van der Waals surface area (Å²) in [5.74, 6) is -0.197. The monoisotopic (exact) mass is 244 g/mol. The van der Waals surface area contributed by atoms with E-state index in [9.17, 15) is 4.79 Å². The molecule has 0 aliphatic rings. The van der Waals surface area contributed by atoms with Crippen molar-refractivity contribution in [3.05, 3.63) is 47.8 Å². The second-order valence-corrected chi connectivity index (χ2v) is 4.23. The Morgan fingerprint density at radius 3 is 2.67 bits per heavy atom. The van der Waals surface area contributed by atoms with Crippen LogP contribution in [0.5, 0.6) is 0 Å². The summed E-state index contributed by atoms with van der Waals surface area (Å²) in [6, 6.07) is 9.59. The SMILES string of the molecule is Cn1cc(CC(=O)C(CN)c2ccccc2)nn1. The normalized spacial score (nSPS) is 12.3. The molecule has 5 heteroatoms. The predicted molar refractivity (Wildman–Crippen MR) is 68.0 cm³/mol. The molecular weight excluding hydrogens is 228 g/mol. The number of carbonyl (C=O) groups is 1. The van der Waals surface area contributed by atoms with Gasteiger partial charge in [0, 0.05) is 19.8 Å². The Bertz CT molecular complexity index is 521. The summed E-state index contributed by atoms with van der Waals surface area (Å²) >= 11 is 0. The van der Waals surface area contributed by atoms with Crippen LogP contribution in [0.25, 0.3) is 0 Å². The van der Waals surface area contributed by atoms with Crippen LogP contribution in [-0.2, 0) is 18.3 Å². The maximum Gasteiger partial charge on any atom is 0.147 e. The highest BCUT2D eigenvalue weighted by Crippen LogP contribution is 2.17. The Morgan fingerprint density at radius 2 is 2.11 bits per heavy atom. The van der Waals surface area contributed by atoms with Crippen molar-refractivity contribution in [2.45, 2.75) is 12.3 Å². The molecule has 5 nitrogen and oxygen atoms in total. The van der Waals surface area contributed by atoms with Crippen molar-refractivity contribution in [1.82, 2.24) is 15.0 Å². The van der Waals surface area contributed by atoms with E-state index in [-0.39, 0.29) is 18.1 Å². The van der Waals surface area contributed by atoms with Gasteiger partial charge in [0.15, 0.2) is 0 Å². The molecule has 0 bridgehead atoms. The number of aromatic nitrogens is 3. The Morgan fingerprint density at radius 1 is 1.39 bits per heavy atom. The fraction of sp³-hybridized carbons (Fsp3) is 0.308. The lowest BCUT2D eigenvalue weighted by Crippen LogP contribution is -2.23. The molecule has 1 unspecified atom stereocenters. The van der Waals surface area contributed by atoms with Crippen LogP contribution in [-0.4, -0.2) is 27.3 Å². The van der Waals surface area contributed by atoms with Crippen molar-refractivity contribution >= 4 is 5.78 Å². The van der Waals surface area contributed by atoms with Crippen LogP contribution >= 0.6 is 0 Å². The van der Waals surface area contributed by atoms with Gasteiger partial charge < -0.3 is 5.73 Å². The first-order chi connectivity index (χ1) is 8.70. The second-order valence-electron chi connectivity index (χ2n) is 4.23. The summed E-state index contributed by atoms with van der Waals surface area (Å²) < 4.78 is 1.59. The van der Waals surface area contributed by atoms with Crippen LogP contribution in [0.2, 0.25) is 0 Å². The first-order valence-electron chi connectivity index (χ1n) is 5.83. The van der Waals surface area contributed by atoms with Crippen molar-refractivity contribution in [3.63, 3.8) is 0 Å². The number of rotatable bonds is 5. The van der Waals surface area contributed by atoms with Crippen LogP contribution in [0.1, 0.15) is 17.2 Å². The van der Waals surface area contributed by atoms with E-state index >= 15 is 0 Å². The van der Waals surface area contributed by atoms with Gasteiger partial charge in [0.1, 0.15) is 5.78 Å². The summed E-state index contributed by atoms with van der Waals surface area (Å²) in [4.78, 5) is 12.2. The van der Waals surface area contributed by atoms with Gasteiger partial charge in [0.2, 0.25) is 0 Å². The van der Waals surface area contributed by atoms with Crippen molar-refractivity contribution < 1.29 is 4.79 Å². The van der Waals surface area contributed by atoms with E-state index in [4.69, 9.17) is 5.73 Å². The zero-order valence-corrected chi connectivity index (χ0v) is 10.3. The number of aryl methyl sites for hydroxylation is 1. The molecule has 18 heavy (non-hydrogen) atoms. The average Bonchev–Trinajstić information content (AvgIpc) is 2.77. The Hall–Kier alpha value is -2.01. The summed E-state index contributed by atoms with van der Waals surface area (Å²) in [6.45, 7) is 0.309. The van der Waals surface area contributed by atoms with Crippen LogP contribution in [0.3, 0.4) is 0 Å². The third-order valence-electron chi connectivity index (χ3n) is 2.83. The minimum atomic E-state index is -0.270. The zero-order valence-electron chi connectivity index (χ0n) is 10.3. The molecule has 0 spiro atoms. The topological polar surface area (TPSA) is 73.8 Å². The van der Waals surface area contributed by atoms with Crippen molar-refractivity contribution in [2.75, 3.05) is 6.54 Å². The van der Waals surface area contributed by atoms with Gasteiger partial charge in [-0.25, -0.2) is 0 Å². The summed E-state index contributed by atoms with van der Waals surface area (Å²) in [7, 11) is 1.78. The summed E-state index contributed by atoms with van der Waals surface area (Å²) in [5.41, 5.74) is 7.33. The van der Waals surface area contributed by atoms with Crippen molar-refractivity contribution in [3.8, 4) is 0 Å². The molecule has 2 N–H and O–H groups in total. The van der Waals surface area contributed by atoms with Crippen molar-refractivity contribution in [1.29, 1.82) is 0 Å². The van der Waals surface area contributed by atoms with Gasteiger partial charge in [0.25, 0.3) is 0 Å². The number of hydrogen-bond donors (Lipinski definition) is 1. The molecule has 1 heterocycles. The first-order valence-corrected chi connectivity index (χ1v) is 5.83. The van der Waals surface area contributed by atoms with E-state index in [2.05, 4.69) is 10.3 Å². The van der Waals surface area contributed by atoms with Crippen LogP contribution in [0, 0.1) is 0 Å². The zero-order chi connectivity index (χ0) is 13.0. The lowest BCUT2D eigenvalue weighted by atomic mass is 9.92. The Labute approximate surface area is 106 Å². The standard InChI is InChI=1S/C13H16N4O/c1-17-9-11(15-16-17)7-13(18)12(8-14)10-5-3-2-4-6-10/h2-6,9,12H,7-8,14H2,1H3. The minimum Gasteiger partial charge on any atom is -0.329 e. The number of benzene rings is 1. The van der Waals surface area contributed by atoms with E-state index in [0.717, 1.165) is 5.56 Å². The molecule has 0 saturated heterocycles. The predicted octanol–water partition coefficient (Wildman–Crippen LogP) is 0.669. The third-order valence-corrected chi connectivity index (χ3v) is 2.83. The lowest BCUT2D eigenvalue weighted by molar-refractivity contribution is -0.119. The smallest absolute Gasteiger partial charge is 0.147 e. The maximum absolute atomic E-state index is 12.2. The number of nitrogens with zero attached hydrogens (tertiary/aromatic N) is 3. The maximum atomic E-state index is 12.2. The highest BCUT2D eigenvalue weighted by atomic mass is 16.1. The molecule has 0 aliphatic heterocycles. The van der Waals surface area contributed by atoms with E-state index in [1.165, 1.54) is 0 Å². The van der Waals surface area contributed by atoms with Gasteiger partial charge in [-0.2, -0.15) is 0 Å². The molecule has 1 atom stereocenters. The Kier molecular flexibility index (Phi) is 3.84. The molecule has 0 amide bonds. The van der Waals surface area contributed by atoms with Crippen LogP contribution < -0.4 is 5.73 Å². The number of Topliss-reactive ketones (excluding diaryl/α,β-unsaturated/α-hetero) is 1. The molecule has 2 rings (SSSR count). The number of hydrogen-bond acceptors (Lipinski definition) is 4. The number of carbonyl (C=O) groups excluding carboxylic acids is 1. The summed E-state index contributed by atoms with van der Waals surface area (Å²) in [5, 5.41) is 7.73. The molecule has 0 radical (unpaired) electrons. The molecule has 2 aromatic rings. The number of ketones is 1. The highest BCUT2D eigenvalue weighted by molar-refractivity contribution is 5.87. The average molecular weight is 244 g/mol. The largest absolute Gasteiger partial charge is 0.329 e. The highest BCUT2D eigenvalue weighted by Gasteiger charge is 2.19. The first kappa shape index (κ1) is 12.4. The minimum absolute atomic E-state index is 0.0733. The van der Waals surface area contributed by atoms with Crippen LogP contribution in [0.15, 0.2) is 36.5 Å². The molecule has 1 aromatic carbocycles. The fourth-order valence-electron chi connectivity index (χ4n) is 1.92. The van der Waals surface area contributed by atoms with Crippen molar-refractivity contribution in [2.24, 2.45) is 12.8 Å². The lowest BCUT2D eigenvalue weighted by Gasteiger charge is -2.12. The molecule has 0 saturated carbocycles. The van der Waals surface area contributed by atoms with Crippen LogP contribution in [0.4, 0.5) is 0 Å². The van der Waals surface area contributed by atoms with E-state index in [0.29, 0.717) is 12.2 Å². The number of nitrogens with two attached hydrogens (primary N) is 1. The molecular formula is C13H16N4O. The van der Waals surface area contributed by atoms with E-state index < -0.39 is 0 Å². The van der Waals surface area contributed by atoms with Gasteiger partial charge in [0.05, 0.1) is 18.0 Å². The second kappa shape index (κ2) is 5.55. The Balaban J connectivity index is 2.11. The summed E-state index contributed by atoms with van der Waals surface area (Å²) in [6.07, 6.45) is 2.01. The third kappa shape index (κ3) is 2.81. The quantitative estimate of drug-likeness (QED) is 0.839. The molecule has 0 aliphatic carbocycles. The molecule has 0 fully saturated rings. The van der Waals surface area contributed by atoms with E-state index in [1.807, 2.05) is 30.3 Å². The molecule has 1 aromatic heterocycles. The van der Waals surface area contributed by atoms with Gasteiger partial charge in [-0.1, -0.05) is 35.5 Å². The van der Waals surface area contributed by atoms with Gasteiger partial charge in [-0.15, -0.1) is 5.10 Å². The van der Waals surface area contributed by atoms with Gasteiger partial charge in [-0.3, -0.25) is 9.48 Å². The van der Waals surface area contributed by atoms with Gasteiger partial charge in [-0.05, 0) is 5.56 Å². The van der Waals surface area contributed by atoms with Gasteiger partial charge >= 0.3 is 0 Å².